The molecule has 2 N–H and O–H groups in total. The summed E-state index contributed by atoms with van der Waals surface area (Å²) >= 11 is 0. The van der Waals surface area contributed by atoms with Crippen molar-refractivity contribution in [1.82, 2.24) is 10.6 Å². The molecule has 0 spiro atoms. The fourth-order valence-corrected chi connectivity index (χ4v) is 3.23. The Labute approximate surface area is 172 Å². The number of rotatable bonds is 9. The molecule has 29 heavy (non-hydrogen) atoms. The molecule has 2 aromatic carbocycles. The Kier molecular flexibility index (Phi) is 8.45. The summed E-state index contributed by atoms with van der Waals surface area (Å²) in [5.41, 5.74) is 1.03. The molecule has 0 aliphatic heterocycles. The van der Waals surface area contributed by atoms with Crippen molar-refractivity contribution in [3.63, 3.8) is 0 Å². The summed E-state index contributed by atoms with van der Waals surface area (Å²) in [6.07, 6.45) is 1.71. The van der Waals surface area contributed by atoms with E-state index in [2.05, 4.69) is 15.6 Å². The van der Waals surface area contributed by atoms with Crippen LogP contribution in [0.25, 0.3) is 0 Å². The molecule has 0 aromatic heterocycles. The van der Waals surface area contributed by atoms with Crippen LogP contribution in [0.3, 0.4) is 0 Å². The van der Waals surface area contributed by atoms with Crippen LogP contribution >= 0.6 is 0 Å². The van der Waals surface area contributed by atoms with E-state index in [4.69, 9.17) is 4.74 Å². The number of hydrogen-bond donors (Lipinski definition) is 2. The smallest absolute Gasteiger partial charge is 0.191 e. The number of nitrogens with one attached hydrogen (secondary N) is 2. The van der Waals surface area contributed by atoms with Crippen molar-refractivity contribution in [2.45, 2.75) is 31.3 Å². The highest BCUT2D eigenvalue weighted by atomic mass is 32.2. The molecule has 8 heteroatoms. The molecule has 0 amide bonds. The van der Waals surface area contributed by atoms with Gasteiger partial charge in [0.15, 0.2) is 15.8 Å². The maximum Gasteiger partial charge on any atom is 0.191 e. The molecule has 0 aliphatic rings. The molecule has 0 bridgehead atoms. The summed E-state index contributed by atoms with van der Waals surface area (Å²) in [6, 6.07) is 12.9. The van der Waals surface area contributed by atoms with Crippen LogP contribution in [0.5, 0.6) is 5.75 Å². The molecular weight excluding hydrogens is 393 g/mol. The summed E-state index contributed by atoms with van der Waals surface area (Å²) in [4.78, 5) is 4.82. The summed E-state index contributed by atoms with van der Waals surface area (Å²) in [6.45, 7) is 5.63. The monoisotopic (exact) mass is 421 g/mol. The first-order chi connectivity index (χ1) is 13.8. The number of ether oxygens (including phenoxy) is 1. The Morgan fingerprint density at radius 3 is 2.52 bits per heavy atom. The number of halogens is 1. The third-order valence-electron chi connectivity index (χ3n) is 4.04. The van der Waals surface area contributed by atoms with Gasteiger partial charge >= 0.3 is 0 Å². The zero-order valence-corrected chi connectivity index (χ0v) is 17.8. The number of sulfone groups is 1. The van der Waals surface area contributed by atoms with Crippen LogP contribution in [0.1, 0.15) is 19.4 Å². The highest BCUT2D eigenvalue weighted by molar-refractivity contribution is 7.90. The van der Waals surface area contributed by atoms with Crippen molar-refractivity contribution in [3.8, 4) is 5.75 Å². The minimum atomic E-state index is -3.18. The Morgan fingerprint density at radius 1 is 1.17 bits per heavy atom. The summed E-state index contributed by atoms with van der Waals surface area (Å²) in [5, 5.41) is 6.42. The Bertz CT molecular complexity index is 915. The van der Waals surface area contributed by atoms with E-state index in [-0.39, 0.29) is 11.9 Å². The highest BCUT2D eigenvalue weighted by Gasteiger charge is 2.07. The van der Waals surface area contributed by atoms with Gasteiger partial charge in [-0.3, -0.25) is 0 Å². The quantitative estimate of drug-likeness (QED) is 0.481. The standard InChI is InChI=1S/C21H28FN3O3S/c1-4-23-21(25-15-16(2)28-19-7-5-6-18(22)14-19)24-13-12-17-8-10-20(11-9-17)29(3,26)27/h5-11,14,16H,4,12-13,15H2,1-3H3,(H2,23,24,25). The SMILES string of the molecule is CCNC(=NCC(C)Oc1cccc(F)c1)NCCc1ccc(S(C)(=O)=O)cc1. The molecule has 0 saturated carbocycles. The largest absolute Gasteiger partial charge is 0.489 e. The van der Waals surface area contributed by atoms with Gasteiger partial charge < -0.3 is 15.4 Å². The molecule has 0 aliphatic carbocycles. The van der Waals surface area contributed by atoms with Crippen LogP contribution in [0.4, 0.5) is 4.39 Å². The molecular formula is C21H28FN3O3S. The van der Waals surface area contributed by atoms with Gasteiger partial charge in [0.2, 0.25) is 0 Å². The number of benzene rings is 2. The molecule has 2 aromatic rings. The van der Waals surface area contributed by atoms with E-state index in [0.717, 1.165) is 12.0 Å². The van der Waals surface area contributed by atoms with E-state index in [1.54, 1.807) is 24.3 Å². The van der Waals surface area contributed by atoms with E-state index in [1.807, 2.05) is 26.0 Å². The molecule has 2 rings (SSSR count). The molecule has 0 fully saturated rings. The van der Waals surface area contributed by atoms with Gasteiger partial charge in [0.05, 0.1) is 11.4 Å². The van der Waals surface area contributed by atoms with Gasteiger partial charge in [-0.15, -0.1) is 0 Å². The van der Waals surface area contributed by atoms with Crippen LogP contribution in [-0.4, -0.2) is 46.4 Å². The van der Waals surface area contributed by atoms with Gasteiger partial charge in [-0.05, 0) is 50.1 Å². The third-order valence-corrected chi connectivity index (χ3v) is 5.17. The lowest BCUT2D eigenvalue weighted by Crippen LogP contribution is -2.39. The van der Waals surface area contributed by atoms with Crippen molar-refractivity contribution < 1.29 is 17.5 Å². The normalized spacial score (nSPS) is 13.0. The van der Waals surface area contributed by atoms with Crippen molar-refractivity contribution in [2.75, 3.05) is 25.9 Å². The van der Waals surface area contributed by atoms with Crippen LogP contribution < -0.4 is 15.4 Å². The van der Waals surface area contributed by atoms with E-state index >= 15 is 0 Å². The van der Waals surface area contributed by atoms with Gasteiger partial charge in [0.25, 0.3) is 0 Å². The number of aliphatic imine (C=N–C) groups is 1. The average Bonchev–Trinajstić information content (AvgIpc) is 2.66. The predicted molar refractivity (Wildman–Crippen MR) is 114 cm³/mol. The average molecular weight is 422 g/mol. The predicted octanol–water partition coefficient (Wildman–Crippen LogP) is 2.79. The van der Waals surface area contributed by atoms with Gasteiger partial charge in [-0.2, -0.15) is 0 Å². The van der Waals surface area contributed by atoms with Crippen LogP contribution in [0, 0.1) is 5.82 Å². The lowest BCUT2D eigenvalue weighted by Gasteiger charge is -2.15. The Hall–Kier alpha value is -2.61. The second-order valence-electron chi connectivity index (χ2n) is 6.70. The van der Waals surface area contributed by atoms with Crippen molar-refractivity contribution in [3.05, 3.63) is 59.9 Å². The van der Waals surface area contributed by atoms with Gasteiger partial charge in [0.1, 0.15) is 17.7 Å². The lowest BCUT2D eigenvalue weighted by molar-refractivity contribution is 0.229. The molecule has 0 saturated heterocycles. The van der Waals surface area contributed by atoms with Gasteiger partial charge in [-0.25, -0.2) is 17.8 Å². The maximum atomic E-state index is 13.2. The first kappa shape index (κ1) is 22.7. The minimum absolute atomic E-state index is 0.212. The second-order valence-corrected chi connectivity index (χ2v) is 8.71. The van der Waals surface area contributed by atoms with Gasteiger partial charge in [-0.1, -0.05) is 18.2 Å². The third kappa shape index (κ3) is 8.11. The first-order valence-electron chi connectivity index (χ1n) is 9.51. The minimum Gasteiger partial charge on any atom is -0.489 e. The zero-order valence-electron chi connectivity index (χ0n) is 17.0. The molecule has 6 nitrogen and oxygen atoms in total. The molecule has 0 heterocycles. The summed E-state index contributed by atoms with van der Waals surface area (Å²) < 4.78 is 41.9. The number of guanidine groups is 1. The fourth-order valence-electron chi connectivity index (χ4n) is 2.60. The topological polar surface area (TPSA) is 79.8 Å². The summed E-state index contributed by atoms with van der Waals surface area (Å²) in [5.74, 6) is 0.802. The Balaban J connectivity index is 1.85. The van der Waals surface area contributed by atoms with Crippen LogP contribution in [-0.2, 0) is 16.3 Å². The summed E-state index contributed by atoms with van der Waals surface area (Å²) in [7, 11) is -3.18. The Morgan fingerprint density at radius 2 is 1.90 bits per heavy atom. The van der Waals surface area contributed by atoms with Crippen molar-refractivity contribution in [2.24, 2.45) is 4.99 Å². The van der Waals surface area contributed by atoms with E-state index in [9.17, 15) is 12.8 Å². The molecule has 1 unspecified atom stereocenters. The first-order valence-corrected chi connectivity index (χ1v) is 11.4. The van der Waals surface area contributed by atoms with E-state index in [1.165, 1.54) is 18.4 Å². The molecule has 158 valence electrons. The van der Waals surface area contributed by atoms with E-state index < -0.39 is 9.84 Å². The number of nitrogens with zero attached hydrogens (tertiary/aromatic N) is 1. The van der Waals surface area contributed by atoms with Crippen LogP contribution in [0.2, 0.25) is 0 Å². The second kappa shape index (κ2) is 10.8. The van der Waals surface area contributed by atoms with Gasteiger partial charge in [0, 0.05) is 25.4 Å². The van der Waals surface area contributed by atoms with Crippen LogP contribution in [0.15, 0.2) is 58.4 Å². The van der Waals surface area contributed by atoms with Crippen molar-refractivity contribution in [1.29, 1.82) is 0 Å². The fraction of sp³-hybridized carbons (Fsp3) is 0.381. The van der Waals surface area contributed by atoms with Crippen molar-refractivity contribution >= 4 is 15.8 Å². The molecule has 1 atom stereocenters. The molecule has 0 radical (unpaired) electrons. The lowest BCUT2D eigenvalue weighted by atomic mass is 10.1. The zero-order chi connectivity index (χ0) is 21.3. The highest BCUT2D eigenvalue weighted by Crippen LogP contribution is 2.14. The number of hydrogen-bond acceptors (Lipinski definition) is 4. The maximum absolute atomic E-state index is 13.2. The van der Waals surface area contributed by atoms with E-state index in [0.29, 0.717) is 36.2 Å².